The van der Waals surface area contributed by atoms with Crippen LogP contribution in [0.15, 0.2) is 24.3 Å². The lowest BCUT2D eigenvalue weighted by molar-refractivity contribution is -0.0415. The smallest absolute Gasteiger partial charge is 0.270 e. The van der Waals surface area contributed by atoms with Crippen molar-refractivity contribution in [3.8, 4) is 0 Å². The molecule has 1 aromatic carbocycles. The minimum atomic E-state index is -2.76. The van der Waals surface area contributed by atoms with Crippen LogP contribution in [0.5, 0.6) is 0 Å². The highest BCUT2D eigenvalue weighted by atomic mass is 19.3. The molecule has 2 atom stereocenters. The number of ether oxygens (including phenoxy) is 1. The maximum absolute atomic E-state index is 13.1. The van der Waals surface area contributed by atoms with Crippen molar-refractivity contribution in [2.24, 2.45) is 0 Å². The lowest BCUT2D eigenvalue weighted by atomic mass is 9.97. The third-order valence-corrected chi connectivity index (χ3v) is 3.26. The van der Waals surface area contributed by atoms with Crippen LogP contribution in [0, 0.1) is 0 Å². The Kier molecular flexibility index (Phi) is 3.48. The Morgan fingerprint density at radius 1 is 1.18 bits per heavy atom. The molecule has 0 saturated carbocycles. The van der Waals surface area contributed by atoms with Crippen LogP contribution < -0.4 is 0 Å². The molecule has 0 aromatic heterocycles. The molecule has 3 heteroatoms. The van der Waals surface area contributed by atoms with Crippen LogP contribution in [-0.2, 0) is 10.7 Å². The molecule has 0 radical (unpaired) electrons. The summed E-state index contributed by atoms with van der Waals surface area (Å²) in [5.74, 6) is -2.76. The topological polar surface area (TPSA) is 9.23 Å². The summed E-state index contributed by atoms with van der Waals surface area (Å²) in [5.41, 5.74) is 1.06. The monoisotopic (exact) mass is 240 g/mol. The van der Waals surface area contributed by atoms with Crippen molar-refractivity contribution < 1.29 is 13.5 Å². The Morgan fingerprint density at radius 3 is 2.35 bits per heavy atom. The third-order valence-electron chi connectivity index (χ3n) is 3.26. The van der Waals surface area contributed by atoms with E-state index < -0.39 is 5.92 Å². The van der Waals surface area contributed by atoms with Crippen molar-refractivity contribution >= 4 is 0 Å². The second-order valence-corrected chi connectivity index (χ2v) is 4.88. The maximum Gasteiger partial charge on any atom is 0.270 e. The highest BCUT2D eigenvalue weighted by Gasteiger charge is 2.25. The van der Waals surface area contributed by atoms with Gasteiger partial charge in [-0.3, -0.25) is 0 Å². The Balaban J connectivity index is 2.12. The van der Waals surface area contributed by atoms with E-state index in [1.165, 1.54) is 12.1 Å². The molecule has 94 valence electrons. The van der Waals surface area contributed by atoms with Crippen LogP contribution in [0.1, 0.15) is 50.3 Å². The van der Waals surface area contributed by atoms with E-state index >= 15 is 0 Å². The molecule has 2 unspecified atom stereocenters. The van der Waals surface area contributed by atoms with Crippen molar-refractivity contribution in [3.05, 3.63) is 35.4 Å². The van der Waals surface area contributed by atoms with Crippen LogP contribution in [0.4, 0.5) is 8.78 Å². The summed E-state index contributed by atoms with van der Waals surface area (Å²) in [6.07, 6.45) is 3.53. The van der Waals surface area contributed by atoms with Crippen LogP contribution in [0.3, 0.4) is 0 Å². The minimum Gasteiger partial charge on any atom is -0.371 e. The molecule has 1 nitrogen and oxygen atoms in total. The van der Waals surface area contributed by atoms with Crippen LogP contribution in [0.2, 0.25) is 0 Å². The van der Waals surface area contributed by atoms with Gasteiger partial charge in [-0.25, -0.2) is 8.78 Å². The molecular weight excluding hydrogens is 222 g/mol. The van der Waals surface area contributed by atoms with Crippen molar-refractivity contribution in [2.45, 2.75) is 51.2 Å². The fourth-order valence-electron chi connectivity index (χ4n) is 2.24. The van der Waals surface area contributed by atoms with Crippen LogP contribution in [-0.4, -0.2) is 6.10 Å². The van der Waals surface area contributed by atoms with Crippen LogP contribution in [0.25, 0.3) is 0 Å². The van der Waals surface area contributed by atoms with Gasteiger partial charge in [0.2, 0.25) is 0 Å². The first kappa shape index (κ1) is 12.5. The zero-order chi connectivity index (χ0) is 12.5. The molecule has 17 heavy (non-hydrogen) atoms. The summed E-state index contributed by atoms with van der Waals surface area (Å²) >= 11 is 0. The van der Waals surface area contributed by atoms with Crippen molar-refractivity contribution in [2.75, 3.05) is 0 Å². The summed E-state index contributed by atoms with van der Waals surface area (Å²) < 4.78 is 31.9. The first-order valence-corrected chi connectivity index (χ1v) is 6.10. The first-order valence-electron chi connectivity index (χ1n) is 6.10. The molecule has 2 rings (SSSR count). The molecule has 0 bridgehead atoms. The van der Waals surface area contributed by atoms with Gasteiger partial charge < -0.3 is 4.74 Å². The van der Waals surface area contributed by atoms with Gasteiger partial charge in [-0.15, -0.1) is 0 Å². The Labute approximate surface area is 101 Å². The number of rotatable bonds is 2. The average Bonchev–Trinajstić information content (AvgIpc) is 2.28. The van der Waals surface area contributed by atoms with Gasteiger partial charge in [-0.05, 0) is 31.7 Å². The van der Waals surface area contributed by atoms with Gasteiger partial charge >= 0.3 is 0 Å². The van der Waals surface area contributed by atoms with Crippen molar-refractivity contribution in [1.29, 1.82) is 0 Å². The second-order valence-electron chi connectivity index (χ2n) is 4.88. The van der Waals surface area contributed by atoms with E-state index in [-0.39, 0.29) is 17.8 Å². The van der Waals surface area contributed by atoms with Gasteiger partial charge in [0.1, 0.15) is 0 Å². The van der Waals surface area contributed by atoms with E-state index in [4.69, 9.17) is 4.74 Å². The first-order chi connectivity index (χ1) is 7.97. The summed E-state index contributed by atoms with van der Waals surface area (Å²) in [4.78, 5) is 0. The predicted molar refractivity (Wildman–Crippen MR) is 63.1 cm³/mol. The van der Waals surface area contributed by atoms with Crippen molar-refractivity contribution in [3.63, 3.8) is 0 Å². The molecule has 1 aliphatic heterocycles. The highest BCUT2D eigenvalue weighted by molar-refractivity contribution is 5.27. The molecule has 1 aromatic rings. The van der Waals surface area contributed by atoms with E-state index in [0.717, 1.165) is 31.7 Å². The number of halogens is 2. The second kappa shape index (κ2) is 4.73. The Bertz CT molecular complexity index is 367. The third kappa shape index (κ3) is 3.03. The lowest BCUT2D eigenvalue weighted by Crippen LogP contribution is -2.19. The molecular formula is C14H18F2O. The van der Waals surface area contributed by atoms with Gasteiger partial charge in [0.25, 0.3) is 5.92 Å². The SMILES string of the molecule is CC1CCCC(c2ccc(C(C)(F)F)cc2)O1. The zero-order valence-electron chi connectivity index (χ0n) is 10.2. The van der Waals surface area contributed by atoms with Gasteiger partial charge in [0.05, 0.1) is 12.2 Å². The van der Waals surface area contributed by atoms with E-state index in [1.54, 1.807) is 12.1 Å². The summed E-state index contributed by atoms with van der Waals surface area (Å²) in [6.45, 7) is 2.97. The number of hydrogen-bond donors (Lipinski definition) is 0. The summed E-state index contributed by atoms with van der Waals surface area (Å²) in [7, 11) is 0. The summed E-state index contributed by atoms with van der Waals surface area (Å²) in [6, 6.07) is 6.51. The minimum absolute atomic E-state index is 0.0603. The Hall–Kier alpha value is -0.960. The van der Waals surface area contributed by atoms with E-state index in [2.05, 4.69) is 6.92 Å². The molecule has 0 aliphatic carbocycles. The number of hydrogen-bond acceptors (Lipinski definition) is 1. The van der Waals surface area contributed by atoms with E-state index in [9.17, 15) is 8.78 Å². The van der Waals surface area contributed by atoms with E-state index in [0.29, 0.717) is 0 Å². The number of alkyl halides is 2. The van der Waals surface area contributed by atoms with Crippen LogP contribution >= 0.6 is 0 Å². The maximum atomic E-state index is 13.1. The molecule has 0 spiro atoms. The molecule has 1 aliphatic rings. The van der Waals surface area contributed by atoms with Gasteiger partial charge in [-0.2, -0.15) is 0 Å². The fraction of sp³-hybridized carbons (Fsp3) is 0.571. The number of benzene rings is 1. The zero-order valence-corrected chi connectivity index (χ0v) is 10.2. The molecule has 0 N–H and O–H groups in total. The average molecular weight is 240 g/mol. The summed E-state index contributed by atoms with van der Waals surface area (Å²) in [5, 5.41) is 0. The van der Waals surface area contributed by atoms with Gasteiger partial charge in [0.15, 0.2) is 0 Å². The largest absolute Gasteiger partial charge is 0.371 e. The quantitative estimate of drug-likeness (QED) is 0.743. The van der Waals surface area contributed by atoms with E-state index in [1.807, 2.05) is 0 Å². The molecule has 1 heterocycles. The normalized spacial score (nSPS) is 25.9. The molecule has 1 fully saturated rings. The molecule has 1 saturated heterocycles. The molecule has 0 amide bonds. The Morgan fingerprint density at radius 2 is 1.82 bits per heavy atom. The van der Waals surface area contributed by atoms with Gasteiger partial charge in [0, 0.05) is 12.5 Å². The standard InChI is InChI=1S/C14H18F2O/c1-10-4-3-5-13(17-10)11-6-8-12(9-7-11)14(2,15)16/h6-10,13H,3-5H2,1-2H3. The van der Waals surface area contributed by atoms with Crippen molar-refractivity contribution in [1.82, 2.24) is 0 Å². The fourth-order valence-corrected chi connectivity index (χ4v) is 2.24. The lowest BCUT2D eigenvalue weighted by Gasteiger charge is -2.28. The predicted octanol–water partition coefficient (Wildman–Crippen LogP) is 4.43. The highest BCUT2D eigenvalue weighted by Crippen LogP contribution is 2.33. The van der Waals surface area contributed by atoms with Gasteiger partial charge in [-0.1, -0.05) is 24.3 Å².